The van der Waals surface area contributed by atoms with Crippen molar-refractivity contribution >= 4 is 17.5 Å². The Kier molecular flexibility index (Phi) is 4.32. The highest BCUT2D eigenvalue weighted by Gasteiger charge is 2.29. The van der Waals surface area contributed by atoms with Crippen molar-refractivity contribution in [2.45, 2.75) is 39.9 Å². The molecule has 0 aromatic carbocycles. The van der Waals surface area contributed by atoms with Gasteiger partial charge in [0.1, 0.15) is 5.78 Å². The fraction of sp³-hybridized carbons (Fsp3) is 0.900. The number of Topliss-reactive ketones (excluding diaryl/α,β-unsaturated/α-hetero) is 1. The van der Waals surface area contributed by atoms with Crippen molar-refractivity contribution in [2.24, 2.45) is 11.3 Å². The second-order valence-corrected chi connectivity index (χ2v) is 5.56. The molecule has 72 valence electrons. The molecule has 0 aromatic rings. The molecular formula is C10H20OS. The van der Waals surface area contributed by atoms with Gasteiger partial charge in [-0.05, 0) is 6.26 Å². The van der Waals surface area contributed by atoms with Gasteiger partial charge in [-0.1, -0.05) is 34.6 Å². The Hall–Kier alpha value is 0.0200. The summed E-state index contributed by atoms with van der Waals surface area (Å²) < 4.78 is 0. The Morgan fingerprint density at radius 1 is 1.25 bits per heavy atom. The van der Waals surface area contributed by atoms with E-state index in [9.17, 15) is 4.79 Å². The van der Waals surface area contributed by atoms with Crippen LogP contribution in [0, 0.1) is 11.3 Å². The van der Waals surface area contributed by atoms with Crippen LogP contribution in [0.4, 0.5) is 0 Å². The molecule has 0 spiro atoms. The maximum absolute atomic E-state index is 11.8. The standard InChI is InChI=1S/C10H20OS/c1-7(8(2)12-6)9(11)10(3,4)5/h7-8H,1-6H3. The summed E-state index contributed by atoms with van der Waals surface area (Å²) in [7, 11) is 0. The van der Waals surface area contributed by atoms with E-state index in [1.165, 1.54) is 0 Å². The molecule has 0 heterocycles. The molecule has 1 nitrogen and oxygen atoms in total. The summed E-state index contributed by atoms with van der Waals surface area (Å²) in [5.41, 5.74) is -0.191. The first-order valence-electron chi connectivity index (χ1n) is 4.37. The van der Waals surface area contributed by atoms with Crippen LogP contribution in [0.1, 0.15) is 34.6 Å². The molecule has 0 saturated carbocycles. The molecule has 0 rings (SSSR count). The summed E-state index contributed by atoms with van der Waals surface area (Å²) in [6, 6.07) is 0. The fourth-order valence-corrected chi connectivity index (χ4v) is 1.63. The van der Waals surface area contributed by atoms with E-state index in [1.54, 1.807) is 11.8 Å². The number of hydrogen-bond donors (Lipinski definition) is 0. The highest BCUT2D eigenvalue weighted by Crippen LogP contribution is 2.26. The molecule has 12 heavy (non-hydrogen) atoms. The van der Waals surface area contributed by atoms with E-state index in [2.05, 4.69) is 13.2 Å². The highest BCUT2D eigenvalue weighted by atomic mass is 32.2. The third-order valence-electron chi connectivity index (χ3n) is 2.23. The Morgan fingerprint density at radius 3 is 1.92 bits per heavy atom. The van der Waals surface area contributed by atoms with Crippen molar-refractivity contribution < 1.29 is 4.79 Å². The average Bonchev–Trinajstić information content (AvgIpc) is 1.98. The topological polar surface area (TPSA) is 17.1 Å². The minimum atomic E-state index is -0.191. The molecule has 0 bridgehead atoms. The Morgan fingerprint density at radius 2 is 1.67 bits per heavy atom. The lowest BCUT2D eigenvalue weighted by Gasteiger charge is -2.25. The van der Waals surface area contributed by atoms with Crippen molar-refractivity contribution in [3.63, 3.8) is 0 Å². The van der Waals surface area contributed by atoms with Crippen molar-refractivity contribution in [1.29, 1.82) is 0 Å². The average molecular weight is 188 g/mol. The summed E-state index contributed by atoms with van der Waals surface area (Å²) >= 11 is 1.76. The second-order valence-electron chi connectivity index (χ2n) is 4.34. The molecule has 2 atom stereocenters. The smallest absolute Gasteiger partial charge is 0.142 e. The second kappa shape index (κ2) is 4.31. The van der Waals surface area contributed by atoms with Crippen LogP contribution in [0.5, 0.6) is 0 Å². The molecule has 0 radical (unpaired) electrons. The highest BCUT2D eigenvalue weighted by molar-refractivity contribution is 7.99. The first-order valence-corrected chi connectivity index (χ1v) is 5.66. The lowest BCUT2D eigenvalue weighted by Crippen LogP contribution is -2.31. The van der Waals surface area contributed by atoms with Gasteiger partial charge in [0.05, 0.1) is 0 Å². The number of carbonyl (C=O) groups is 1. The van der Waals surface area contributed by atoms with Gasteiger partial charge in [-0.2, -0.15) is 11.8 Å². The zero-order valence-corrected chi connectivity index (χ0v) is 9.79. The van der Waals surface area contributed by atoms with Crippen molar-refractivity contribution in [3.8, 4) is 0 Å². The van der Waals surface area contributed by atoms with Gasteiger partial charge in [0.2, 0.25) is 0 Å². The Bertz CT molecular complexity index is 158. The first kappa shape index (κ1) is 12.0. The van der Waals surface area contributed by atoms with E-state index in [0.29, 0.717) is 11.0 Å². The third kappa shape index (κ3) is 3.18. The van der Waals surface area contributed by atoms with Crippen LogP contribution in [-0.4, -0.2) is 17.3 Å². The van der Waals surface area contributed by atoms with E-state index >= 15 is 0 Å². The van der Waals surface area contributed by atoms with Gasteiger partial charge in [0.15, 0.2) is 0 Å². The molecule has 2 unspecified atom stereocenters. The number of hydrogen-bond acceptors (Lipinski definition) is 2. The molecule has 2 heteroatoms. The first-order chi connectivity index (χ1) is 5.30. The third-order valence-corrected chi connectivity index (χ3v) is 3.38. The molecular weight excluding hydrogens is 168 g/mol. The van der Waals surface area contributed by atoms with Gasteiger partial charge in [-0.25, -0.2) is 0 Å². The Balaban J connectivity index is 4.30. The van der Waals surface area contributed by atoms with Crippen molar-refractivity contribution in [3.05, 3.63) is 0 Å². The maximum atomic E-state index is 11.8. The number of ketones is 1. The van der Waals surface area contributed by atoms with E-state index in [0.717, 1.165) is 0 Å². The summed E-state index contributed by atoms with van der Waals surface area (Å²) in [6.45, 7) is 10.1. The van der Waals surface area contributed by atoms with Gasteiger partial charge in [-0.3, -0.25) is 4.79 Å². The lowest BCUT2D eigenvalue weighted by atomic mass is 9.83. The van der Waals surface area contributed by atoms with Crippen LogP contribution in [-0.2, 0) is 4.79 Å². The zero-order chi connectivity index (χ0) is 9.94. The van der Waals surface area contributed by atoms with Crippen LogP contribution in [0.2, 0.25) is 0 Å². The lowest BCUT2D eigenvalue weighted by molar-refractivity contribution is -0.129. The molecule has 0 aromatic heterocycles. The summed E-state index contributed by atoms with van der Waals surface area (Å²) in [5.74, 6) is 0.532. The predicted octanol–water partition coefficient (Wildman–Crippen LogP) is 2.99. The molecule has 0 fully saturated rings. The van der Waals surface area contributed by atoms with E-state index in [1.807, 2.05) is 27.7 Å². The molecule has 0 aliphatic carbocycles. The number of carbonyl (C=O) groups excluding carboxylic acids is 1. The summed E-state index contributed by atoms with van der Waals surface area (Å²) in [5, 5.41) is 0.428. The molecule has 0 saturated heterocycles. The van der Waals surface area contributed by atoms with Crippen molar-refractivity contribution in [1.82, 2.24) is 0 Å². The molecule has 0 aliphatic rings. The van der Waals surface area contributed by atoms with Crippen LogP contribution in [0.25, 0.3) is 0 Å². The summed E-state index contributed by atoms with van der Waals surface area (Å²) in [6.07, 6.45) is 2.05. The van der Waals surface area contributed by atoms with E-state index in [4.69, 9.17) is 0 Å². The molecule has 0 amide bonds. The van der Waals surface area contributed by atoms with Gasteiger partial charge in [-0.15, -0.1) is 0 Å². The van der Waals surface area contributed by atoms with Gasteiger partial charge in [0.25, 0.3) is 0 Å². The van der Waals surface area contributed by atoms with Gasteiger partial charge < -0.3 is 0 Å². The van der Waals surface area contributed by atoms with Crippen LogP contribution >= 0.6 is 11.8 Å². The zero-order valence-electron chi connectivity index (χ0n) is 8.97. The normalized spacial score (nSPS) is 17.2. The fourth-order valence-electron chi connectivity index (χ4n) is 1.10. The largest absolute Gasteiger partial charge is 0.299 e. The maximum Gasteiger partial charge on any atom is 0.142 e. The molecule has 0 N–H and O–H groups in total. The Labute approximate surface area is 80.3 Å². The monoisotopic (exact) mass is 188 g/mol. The van der Waals surface area contributed by atoms with Gasteiger partial charge >= 0.3 is 0 Å². The van der Waals surface area contributed by atoms with Crippen molar-refractivity contribution in [2.75, 3.05) is 6.26 Å². The SMILES string of the molecule is CSC(C)C(C)C(=O)C(C)(C)C. The minimum Gasteiger partial charge on any atom is -0.299 e. The van der Waals surface area contributed by atoms with E-state index in [-0.39, 0.29) is 11.3 Å². The molecule has 0 aliphatic heterocycles. The predicted molar refractivity (Wildman–Crippen MR) is 56.6 cm³/mol. The summed E-state index contributed by atoms with van der Waals surface area (Å²) in [4.78, 5) is 11.8. The number of thioether (sulfide) groups is 1. The quantitative estimate of drug-likeness (QED) is 0.677. The van der Waals surface area contributed by atoms with E-state index < -0.39 is 0 Å². The van der Waals surface area contributed by atoms with Gasteiger partial charge in [0, 0.05) is 16.6 Å². The minimum absolute atomic E-state index is 0.167. The number of rotatable bonds is 3. The van der Waals surface area contributed by atoms with Crippen LogP contribution in [0.3, 0.4) is 0 Å². The van der Waals surface area contributed by atoms with Crippen LogP contribution < -0.4 is 0 Å². The van der Waals surface area contributed by atoms with Crippen LogP contribution in [0.15, 0.2) is 0 Å².